The number of carbonyl (C=O) groups is 1. The zero-order valence-electron chi connectivity index (χ0n) is 15.9. The van der Waals surface area contributed by atoms with Crippen molar-refractivity contribution in [2.24, 2.45) is 10.1 Å². The fourth-order valence-corrected chi connectivity index (χ4v) is 3.06. The lowest BCUT2D eigenvalue weighted by Crippen LogP contribution is -2.37. The van der Waals surface area contributed by atoms with Crippen LogP contribution >= 0.6 is 0 Å². The highest BCUT2D eigenvalue weighted by Crippen LogP contribution is 2.08. The summed E-state index contributed by atoms with van der Waals surface area (Å²) in [6, 6.07) is 13.8. The van der Waals surface area contributed by atoms with Gasteiger partial charge in [0.15, 0.2) is 5.96 Å². The first-order chi connectivity index (χ1) is 13.3. The number of benzene rings is 2. The van der Waals surface area contributed by atoms with Crippen molar-refractivity contribution in [2.45, 2.75) is 17.9 Å². The first-order valence-electron chi connectivity index (χ1n) is 8.71. The van der Waals surface area contributed by atoms with Crippen molar-refractivity contribution in [3.05, 3.63) is 65.2 Å². The average molecular weight is 404 g/mol. The molecule has 0 radical (unpaired) electrons. The highest BCUT2D eigenvalue weighted by molar-refractivity contribution is 7.89. The summed E-state index contributed by atoms with van der Waals surface area (Å²) in [6.07, 6.45) is 0.731. The number of amides is 1. The zero-order chi connectivity index (χ0) is 20.6. The number of nitrogens with zero attached hydrogens (tertiary/aromatic N) is 1. The third kappa shape index (κ3) is 6.36. The SMILES string of the molecule is CN=C(NCCc1cccc(C(=O)NC)c1)NCc1ccc(S(N)(=O)=O)cc1. The predicted octanol–water partition coefficient (Wildman–Crippen LogP) is 0.601. The summed E-state index contributed by atoms with van der Waals surface area (Å²) in [4.78, 5) is 15.9. The van der Waals surface area contributed by atoms with Gasteiger partial charge in [0.2, 0.25) is 10.0 Å². The smallest absolute Gasteiger partial charge is 0.251 e. The second-order valence-electron chi connectivity index (χ2n) is 6.07. The topological polar surface area (TPSA) is 126 Å². The Morgan fingerprint density at radius 2 is 1.79 bits per heavy atom. The lowest BCUT2D eigenvalue weighted by atomic mass is 10.1. The van der Waals surface area contributed by atoms with Crippen molar-refractivity contribution >= 4 is 21.9 Å². The summed E-state index contributed by atoms with van der Waals surface area (Å²) < 4.78 is 22.6. The van der Waals surface area contributed by atoms with E-state index in [1.165, 1.54) is 12.1 Å². The van der Waals surface area contributed by atoms with Crippen molar-refractivity contribution in [1.29, 1.82) is 0 Å². The molecule has 5 N–H and O–H groups in total. The van der Waals surface area contributed by atoms with Crippen LogP contribution in [0.5, 0.6) is 0 Å². The van der Waals surface area contributed by atoms with Crippen molar-refractivity contribution in [3.8, 4) is 0 Å². The lowest BCUT2D eigenvalue weighted by molar-refractivity contribution is 0.0963. The van der Waals surface area contributed by atoms with Gasteiger partial charge in [0.25, 0.3) is 5.91 Å². The van der Waals surface area contributed by atoms with Crippen LogP contribution in [0.4, 0.5) is 0 Å². The Morgan fingerprint density at radius 3 is 2.39 bits per heavy atom. The Bertz CT molecular complexity index is 940. The molecule has 0 saturated heterocycles. The molecule has 2 aromatic rings. The minimum absolute atomic E-state index is 0.0812. The Morgan fingerprint density at radius 1 is 1.07 bits per heavy atom. The number of nitrogens with one attached hydrogen (secondary N) is 3. The van der Waals surface area contributed by atoms with E-state index >= 15 is 0 Å². The Kier molecular flexibility index (Phi) is 7.53. The molecule has 0 heterocycles. The molecule has 0 fully saturated rings. The van der Waals surface area contributed by atoms with Crippen LogP contribution in [0.15, 0.2) is 58.4 Å². The molecule has 150 valence electrons. The quantitative estimate of drug-likeness (QED) is 0.398. The van der Waals surface area contributed by atoms with E-state index in [1.54, 1.807) is 32.3 Å². The van der Waals surface area contributed by atoms with Crippen LogP contribution in [0.25, 0.3) is 0 Å². The summed E-state index contributed by atoms with van der Waals surface area (Å²) >= 11 is 0. The molecule has 9 heteroatoms. The molecule has 0 unspecified atom stereocenters. The van der Waals surface area contributed by atoms with Crippen LogP contribution in [0, 0.1) is 0 Å². The van der Waals surface area contributed by atoms with Gasteiger partial charge in [-0.25, -0.2) is 13.6 Å². The molecule has 0 aliphatic heterocycles. The Hall–Kier alpha value is -2.91. The molecular weight excluding hydrogens is 378 g/mol. The molecule has 0 bridgehead atoms. The second-order valence-corrected chi connectivity index (χ2v) is 7.63. The third-order valence-corrected chi connectivity index (χ3v) is 4.99. The van der Waals surface area contributed by atoms with Crippen molar-refractivity contribution < 1.29 is 13.2 Å². The molecule has 0 aliphatic carbocycles. The summed E-state index contributed by atoms with van der Waals surface area (Å²) in [6.45, 7) is 1.12. The van der Waals surface area contributed by atoms with Gasteiger partial charge in [0.1, 0.15) is 0 Å². The first kappa shape index (κ1) is 21.4. The molecule has 28 heavy (non-hydrogen) atoms. The minimum atomic E-state index is -3.69. The van der Waals surface area contributed by atoms with Gasteiger partial charge in [-0.2, -0.15) is 0 Å². The maximum atomic E-state index is 11.7. The Labute approximate surface area is 165 Å². The molecular formula is C19H25N5O3S. The average Bonchev–Trinajstić information content (AvgIpc) is 2.69. The fraction of sp³-hybridized carbons (Fsp3) is 0.263. The van der Waals surface area contributed by atoms with Crippen LogP contribution in [-0.2, 0) is 23.0 Å². The molecule has 1 amide bonds. The van der Waals surface area contributed by atoms with Gasteiger partial charge in [-0.3, -0.25) is 9.79 Å². The third-order valence-electron chi connectivity index (χ3n) is 4.06. The normalized spacial score (nSPS) is 11.8. The summed E-state index contributed by atoms with van der Waals surface area (Å²) in [7, 11) is -0.408. The minimum Gasteiger partial charge on any atom is -0.356 e. The largest absolute Gasteiger partial charge is 0.356 e. The zero-order valence-corrected chi connectivity index (χ0v) is 16.7. The van der Waals surface area contributed by atoms with Crippen LogP contribution < -0.4 is 21.1 Å². The van der Waals surface area contributed by atoms with Crippen LogP contribution in [-0.4, -0.2) is 40.9 Å². The van der Waals surface area contributed by atoms with E-state index in [2.05, 4.69) is 20.9 Å². The summed E-state index contributed by atoms with van der Waals surface area (Å²) in [5.74, 6) is 0.513. The van der Waals surface area contributed by atoms with Crippen LogP contribution in [0.2, 0.25) is 0 Å². The van der Waals surface area contributed by atoms with Crippen LogP contribution in [0.3, 0.4) is 0 Å². The van der Waals surface area contributed by atoms with Gasteiger partial charge in [0, 0.05) is 32.7 Å². The van der Waals surface area contributed by atoms with Crippen molar-refractivity contribution in [1.82, 2.24) is 16.0 Å². The molecule has 0 saturated carbocycles. The number of guanidine groups is 1. The number of primary sulfonamides is 1. The van der Waals surface area contributed by atoms with Crippen molar-refractivity contribution in [3.63, 3.8) is 0 Å². The molecule has 8 nitrogen and oxygen atoms in total. The lowest BCUT2D eigenvalue weighted by Gasteiger charge is -2.12. The summed E-state index contributed by atoms with van der Waals surface area (Å²) in [5, 5.41) is 14.1. The number of carbonyl (C=O) groups excluding carboxylic acids is 1. The maximum absolute atomic E-state index is 11.7. The van der Waals surface area contributed by atoms with Gasteiger partial charge in [-0.05, 0) is 41.8 Å². The number of aliphatic imine (C=N–C) groups is 1. The molecule has 0 atom stereocenters. The fourth-order valence-electron chi connectivity index (χ4n) is 2.54. The van der Waals surface area contributed by atoms with E-state index < -0.39 is 10.0 Å². The van der Waals surface area contributed by atoms with E-state index in [9.17, 15) is 13.2 Å². The highest BCUT2D eigenvalue weighted by Gasteiger charge is 2.07. The summed E-state index contributed by atoms with van der Waals surface area (Å²) in [5.41, 5.74) is 2.57. The highest BCUT2D eigenvalue weighted by atomic mass is 32.2. The number of rotatable bonds is 7. The number of nitrogens with two attached hydrogens (primary N) is 1. The van der Waals surface area contributed by atoms with Gasteiger partial charge in [-0.15, -0.1) is 0 Å². The maximum Gasteiger partial charge on any atom is 0.251 e. The molecule has 0 spiro atoms. The Balaban J connectivity index is 1.84. The first-order valence-corrected chi connectivity index (χ1v) is 10.3. The second kappa shape index (κ2) is 9.86. The van der Waals surface area contributed by atoms with E-state index in [-0.39, 0.29) is 10.8 Å². The van der Waals surface area contributed by atoms with E-state index in [0.717, 1.165) is 17.5 Å². The van der Waals surface area contributed by atoms with Crippen molar-refractivity contribution in [2.75, 3.05) is 20.6 Å². The monoisotopic (exact) mass is 403 g/mol. The van der Waals surface area contributed by atoms with E-state index in [1.807, 2.05) is 18.2 Å². The van der Waals surface area contributed by atoms with Crippen LogP contribution in [0.1, 0.15) is 21.5 Å². The van der Waals surface area contributed by atoms with E-state index in [0.29, 0.717) is 24.6 Å². The molecule has 2 aromatic carbocycles. The van der Waals surface area contributed by atoms with Gasteiger partial charge in [-0.1, -0.05) is 24.3 Å². The number of hydrogen-bond donors (Lipinski definition) is 4. The van der Waals surface area contributed by atoms with Gasteiger partial charge in [0.05, 0.1) is 4.90 Å². The van der Waals surface area contributed by atoms with Gasteiger partial charge >= 0.3 is 0 Å². The number of hydrogen-bond acceptors (Lipinski definition) is 4. The predicted molar refractivity (Wildman–Crippen MR) is 110 cm³/mol. The standard InChI is InChI=1S/C19H25N5O3S/c1-21-18(25)16-5-3-4-14(12-16)10-11-23-19(22-2)24-13-15-6-8-17(9-7-15)28(20,26)27/h3-9,12H,10-11,13H2,1-2H3,(H,21,25)(H2,20,26,27)(H2,22,23,24). The van der Waals surface area contributed by atoms with Gasteiger partial charge < -0.3 is 16.0 Å². The molecule has 0 aliphatic rings. The number of sulfonamides is 1. The molecule has 0 aromatic heterocycles. The van der Waals surface area contributed by atoms with E-state index in [4.69, 9.17) is 5.14 Å². The molecule has 2 rings (SSSR count).